The molecule has 27 heavy (non-hydrogen) atoms. The Morgan fingerprint density at radius 3 is 2.85 bits per heavy atom. The van der Waals surface area contributed by atoms with Gasteiger partial charge in [-0.15, -0.1) is 0 Å². The van der Waals surface area contributed by atoms with Crippen LogP contribution < -0.4 is 5.32 Å². The summed E-state index contributed by atoms with van der Waals surface area (Å²) in [4.78, 5) is 23.9. The van der Waals surface area contributed by atoms with Gasteiger partial charge >= 0.3 is 5.97 Å². The van der Waals surface area contributed by atoms with Crippen LogP contribution in [-0.4, -0.2) is 33.3 Å². The Hall–Kier alpha value is -2.70. The van der Waals surface area contributed by atoms with E-state index in [1.807, 2.05) is 13.8 Å². The largest absolute Gasteiger partial charge is 0.481 e. The fraction of sp³-hybridized carbons (Fsp3) is 0.450. The van der Waals surface area contributed by atoms with Gasteiger partial charge in [-0.3, -0.25) is 9.59 Å². The number of fused-ring (bicyclic) bond motifs is 1. The Kier molecular flexibility index (Phi) is 5.58. The maximum Gasteiger partial charge on any atom is 0.308 e. The molecule has 3 rings (SSSR count). The highest BCUT2D eigenvalue weighted by atomic mass is 19.1. The van der Waals surface area contributed by atoms with E-state index in [4.69, 9.17) is 0 Å². The first-order chi connectivity index (χ1) is 12.9. The molecule has 2 N–H and O–H groups in total. The number of aryl methyl sites for hydroxylation is 1. The molecule has 0 radical (unpaired) electrons. The lowest BCUT2D eigenvalue weighted by Gasteiger charge is -2.12. The minimum Gasteiger partial charge on any atom is -0.481 e. The third-order valence-corrected chi connectivity index (χ3v) is 4.97. The standard InChI is InChI=1S/C20H24FN3O3/c1-3-5-13(20(26)27)11-22-19(25)18-14-6-4-7-16(14)24(23-18)17-10-12(2)8-9-15(17)21/h8-10,13H,3-7,11H2,1-2H3,(H,22,25)(H,26,27). The lowest BCUT2D eigenvalue weighted by molar-refractivity contribution is -0.141. The third kappa shape index (κ3) is 3.86. The molecule has 1 aromatic carbocycles. The number of hydrogen-bond acceptors (Lipinski definition) is 3. The van der Waals surface area contributed by atoms with Crippen molar-refractivity contribution < 1.29 is 19.1 Å². The number of carbonyl (C=O) groups is 2. The van der Waals surface area contributed by atoms with Crippen molar-refractivity contribution in [3.63, 3.8) is 0 Å². The van der Waals surface area contributed by atoms with Gasteiger partial charge < -0.3 is 10.4 Å². The van der Waals surface area contributed by atoms with Crippen molar-refractivity contribution in [2.45, 2.75) is 46.0 Å². The lowest BCUT2D eigenvalue weighted by atomic mass is 10.0. The van der Waals surface area contributed by atoms with Gasteiger partial charge in [0.25, 0.3) is 5.91 Å². The number of carboxylic acid groups (broad SMARTS) is 1. The number of halogens is 1. The molecule has 7 heteroatoms. The highest BCUT2D eigenvalue weighted by Crippen LogP contribution is 2.29. The molecule has 0 fully saturated rings. The highest BCUT2D eigenvalue weighted by Gasteiger charge is 2.28. The van der Waals surface area contributed by atoms with Gasteiger partial charge in [0.1, 0.15) is 11.5 Å². The third-order valence-electron chi connectivity index (χ3n) is 4.97. The zero-order valence-electron chi connectivity index (χ0n) is 15.6. The van der Waals surface area contributed by atoms with Crippen molar-refractivity contribution in [1.82, 2.24) is 15.1 Å². The second kappa shape index (κ2) is 7.90. The molecule has 1 aliphatic rings. The van der Waals surface area contributed by atoms with Gasteiger partial charge in [0.2, 0.25) is 0 Å². The van der Waals surface area contributed by atoms with Crippen LogP contribution in [0.5, 0.6) is 0 Å². The van der Waals surface area contributed by atoms with Gasteiger partial charge in [-0.1, -0.05) is 19.4 Å². The van der Waals surface area contributed by atoms with Gasteiger partial charge in [0.15, 0.2) is 5.69 Å². The van der Waals surface area contributed by atoms with Crippen LogP contribution in [0.1, 0.15) is 53.5 Å². The van der Waals surface area contributed by atoms with Gasteiger partial charge in [-0.2, -0.15) is 5.10 Å². The normalized spacial score (nSPS) is 14.0. The Morgan fingerprint density at radius 2 is 2.15 bits per heavy atom. The summed E-state index contributed by atoms with van der Waals surface area (Å²) in [5.41, 5.74) is 3.19. The van der Waals surface area contributed by atoms with Crippen molar-refractivity contribution >= 4 is 11.9 Å². The zero-order chi connectivity index (χ0) is 19.6. The molecule has 1 aliphatic carbocycles. The van der Waals surface area contributed by atoms with Crippen molar-refractivity contribution in [2.75, 3.05) is 6.54 Å². The summed E-state index contributed by atoms with van der Waals surface area (Å²) in [6.45, 7) is 3.84. The lowest BCUT2D eigenvalue weighted by Crippen LogP contribution is -2.33. The Labute approximate surface area is 157 Å². The van der Waals surface area contributed by atoms with E-state index in [1.165, 1.54) is 10.7 Å². The molecule has 6 nitrogen and oxygen atoms in total. The van der Waals surface area contributed by atoms with E-state index in [0.29, 0.717) is 18.5 Å². The van der Waals surface area contributed by atoms with Crippen LogP contribution in [0.3, 0.4) is 0 Å². The number of carboxylic acids is 1. The topological polar surface area (TPSA) is 84.2 Å². The summed E-state index contributed by atoms with van der Waals surface area (Å²) in [7, 11) is 0. The predicted molar refractivity (Wildman–Crippen MR) is 98.7 cm³/mol. The minimum absolute atomic E-state index is 0.0580. The predicted octanol–water partition coefficient (Wildman–Crippen LogP) is 3.04. The van der Waals surface area contributed by atoms with E-state index >= 15 is 0 Å². The Morgan fingerprint density at radius 1 is 1.37 bits per heavy atom. The fourth-order valence-corrected chi connectivity index (χ4v) is 3.56. The molecule has 0 saturated carbocycles. The first-order valence-electron chi connectivity index (χ1n) is 9.30. The second-order valence-corrected chi connectivity index (χ2v) is 7.03. The van der Waals surface area contributed by atoms with Gasteiger partial charge in [0.05, 0.1) is 5.92 Å². The maximum absolute atomic E-state index is 14.3. The zero-order valence-corrected chi connectivity index (χ0v) is 15.6. The van der Waals surface area contributed by atoms with Crippen molar-refractivity contribution in [3.8, 4) is 5.69 Å². The quantitative estimate of drug-likeness (QED) is 0.781. The van der Waals surface area contributed by atoms with Crippen LogP contribution in [0.15, 0.2) is 18.2 Å². The van der Waals surface area contributed by atoms with E-state index in [-0.39, 0.29) is 12.2 Å². The SMILES string of the molecule is CCCC(CNC(=O)c1nn(-c2cc(C)ccc2F)c2c1CCC2)C(=O)O. The molecule has 0 spiro atoms. The first-order valence-corrected chi connectivity index (χ1v) is 9.30. The molecule has 0 bridgehead atoms. The molecule has 1 amide bonds. The van der Waals surface area contributed by atoms with E-state index < -0.39 is 23.6 Å². The monoisotopic (exact) mass is 373 g/mol. The number of carbonyl (C=O) groups excluding carboxylic acids is 1. The van der Waals surface area contributed by atoms with Crippen molar-refractivity contribution in [3.05, 3.63) is 46.5 Å². The summed E-state index contributed by atoms with van der Waals surface area (Å²) in [6, 6.07) is 4.80. The van der Waals surface area contributed by atoms with E-state index in [1.54, 1.807) is 12.1 Å². The van der Waals surface area contributed by atoms with Crippen LogP contribution in [0, 0.1) is 18.7 Å². The molecule has 0 saturated heterocycles. The number of nitrogens with one attached hydrogen (secondary N) is 1. The Bertz CT molecular complexity index is 876. The number of hydrogen-bond donors (Lipinski definition) is 2. The summed E-state index contributed by atoms with van der Waals surface area (Å²) >= 11 is 0. The molecular formula is C20H24FN3O3. The van der Waals surface area contributed by atoms with E-state index in [0.717, 1.165) is 36.1 Å². The molecular weight excluding hydrogens is 349 g/mol. The van der Waals surface area contributed by atoms with Crippen LogP contribution >= 0.6 is 0 Å². The van der Waals surface area contributed by atoms with E-state index in [9.17, 15) is 19.1 Å². The molecule has 1 aromatic heterocycles. The summed E-state index contributed by atoms with van der Waals surface area (Å²) in [6.07, 6.45) is 3.55. The van der Waals surface area contributed by atoms with Crippen LogP contribution in [-0.2, 0) is 17.6 Å². The number of benzene rings is 1. The number of nitrogens with zero attached hydrogens (tertiary/aromatic N) is 2. The van der Waals surface area contributed by atoms with Gasteiger partial charge in [-0.25, -0.2) is 9.07 Å². The summed E-state index contributed by atoms with van der Waals surface area (Å²) < 4.78 is 15.9. The van der Waals surface area contributed by atoms with Crippen LogP contribution in [0.2, 0.25) is 0 Å². The van der Waals surface area contributed by atoms with Gasteiger partial charge in [0, 0.05) is 17.8 Å². The average Bonchev–Trinajstić information content (AvgIpc) is 3.22. The van der Waals surface area contributed by atoms with E-state index in [2.05, 4.69) is 10.4 Å². The smallest absolute Gasteiger partial charge is 0.308 e. The molecule has 0 aliphatic heterocycles. The Balaban J connectivity index is 1.88. The number of aliphatic carboxylic acids is 1. The van der Waals surface area contributed by atoms with Crippen LogP contribution in [0.25, 0.3) is 5.69 Å². The van der Waals surface area contributed by atoms with Crippen molar-refractivity contribution in [2.24, 2.45) is 5.92 Å². The summed E-state index contributed by atoms with van der Waals surface area (Å²) in [5, 5.41) is 16.3. The molecule has 1 unspecified atom stereocenters. The minimum atomic E-state index is -0.922. The number of amides is 1. The number of rotatable bonds is 7. The molecule has 1 heterocycles. The van der Waals surface area contributed by atoms with Gasteiger partial charge in [-0.05, 0) is 50.3 Å². The fourth-order valence-electron chi connectivity index (χ4n) is 3.56. The first kappa shape index (κ1) is 19.1. The molecule has 144 valence electrons. The number of aromatic nitrogens is 2. The summed E-state index contributed by atoms with van der Waals surface area (Å²) in [5.74, 6) is -2.33. The average molecular weight is 373 g/mol. The second-order valence-electron chi connectivity index (χ2n) is 7.03. The van der Waals surface area contributed by atoms with Crippen LogP contribution in [0.4, 0.5) is 4.39 Å². The maximum atomic E-state index is 14.3. The molecule has 2 aromatic rings. The van der Waals surface area contributed by atoms with Crippen molar-refractivity contribution in [1.29, 1.82) is 0 Å². The molecule has 1 atom stereocenters. The highest BCUT2D eigenvalue weighted by molar-refractivity contribution is 5.94.